The number of aromatic nitrogens is 1. The Kier molecular flexibility index (Phi) is 4.57. The molecule has 22 heavy (non-hydrogen) atoms. The first-order valence-corrected chi connectivity index (χ1v) is 8.75. The predicted octanol–water partition coefficient (Wildman–Crippen LogP) is 4.98. The fourth-order valence-electron chi connectivity index (χ4n) is 1.94. The van der Waals surface area contributed by atoms with Crippen LogP contribution in [0.2, 0.25) is 5.02 Å². The van der Waals surface area contributed by atoms with Crippen LogP contribution in [0.1, 0.15) is 11.3 Å². The van der Waals surface area contributed by atoms with E-state index in [4.69, 9.17) is 16.3 Å². The van der Waals surface area contributed by atoms with Crippen molar-refractivity contribution in [3.63, 3.8) is 0 Å². The summed E-state index contributed by atoms with van der Waals surface area (Å²) < 4.78 is 5.37. The highest BCUT2D eigenvalue weighted by molar-refractivity contribution is 7.14. The summed E-state index contributed by atoms with van der Waals surface area (Å²) >= 11 is 9.04. The van der Waals surface area contributed by atoms with Crippen LogP contribution >= 0.6 is 34.3 Å². The Morgan fingerprint density at radius 3 is 2.91 bits per heavy atom. The molecule has 0 atom stereocenters. The minimum absolute atomic E-state index is 0.155. The summed E-state index contributed by atoms with van der Waals surface area (Å²) in [4.78, 5) is 16.5. The summed E-state index contributed by atoms with van der Waals surface area (Å²) in [6.07, 6.45) is 0.155. The maximum absolute atomic E-state index is 12.0. The number of carbonyl (C=O) groups is 1. The second kappa shape index (κ2) is 6.60. The van der Waals surface area contributed by atoms with Gasteiger partial charge >= 0.3 is 5.97 Å². The van der Waals surface area contributed by atoms with E-state index < -0.39 is 0 Å². The molecule has 0 saturated heterocycles. The third kappa shape index (κ3) is 3.55. The molecule has 6 heteroatoms. The zero-order valence-electron chi connectivity index (χ0n) is 11.7. The van der Waals surface area contributed by atoms with Crippen LogP contribution in [0.15, 0.2) is 40.4 Å². The van der Waals surface area contributed by atoms with Crippen molar-refractivity contribution >= 4 is 40.2 Å². The number of thiophene rings is 1. The summed E-state index contributed by atoms with van der Waals surface area (Å²) in [6.45, 7) is 1.85. The molecule has 2 aromatic heterocycles. The first-order valence-electron chi connectivity index (χ1n) is 6.55. The average Bonchev–Trinajstić information content (AvgIpc) is 3.12. The quantitative estimate of drug-likeness (QED) is 0.492. The highest BCUT2D eigenvalue weighted by Crippen LogP contribution is 2.26. The molecular formula is C16H12ClNO2S2. The molecule has 0 amide bonds. The molecular weight excluding hydrogens is 338 g/mol. The number of ether oxygens (including phenoxy) is 1. The summed E-state index contributed by atoms with van der Waals surface area (Å²) in [5.41, 5.74) is 2.64. The van der Waals surface area contributed by atoms with Gasteiger partial charge < -0.3 is 4.74 Å². The smallest absolute Gasteiger partial charge is 0.317 e. The third-order valence-corrected chi connectivity index (χ3v) is 4.86. The summed E-state index contributed by atoms with van der Waals surface area (Å²) in [6, 6.07) is 7.19. The number of rotatable bonds is 4. The molecule has 0 aliphatic carbocycles. The SMILES string of the molecule is Cc1cc(Cl)ccc1OC(=O)Cc1csc(-c2ccsc2)n1. The van der Waals surface area contributed by atoms with Gasteiger partial charge in [0.25, 0.3) is 0 Å². The van der Waals surface area contributed by atoms with E-state index in [2.05, 4.69) is 4.98 Å². The van der Waals surface area contributed by atoms with Gasteiger partial charge in [-0.15, -0.1) is 11.3 Å². The van der Waals surface area contributed by atoms with Crippen LogP contribution in [0, 0.1) is 6.92 Å². The number of nitrogens with zero attached hydrogens (tertiary/aromatic N) is 1. The lowest BCUT2D eigenvalue weighted by molar-refractivity contribution is -0.133. The molecule has 1 aromatic carbocycles. The summed E-state index contributed by atoms with van der Waals surface area (Å²) in [7, 11) is 0. The number of hydrogen-bond donors (Lipinski definition) is 0. The lowest BCUT2D eigenvalue weighted by atomic mass is 10.2. The number of esters is 1. The van der Waals surface area contributed by atoms with E-state index in [1.54, 1.807) is 29.5 Å². The standard InChI is InChI=1S/C16H12ClNO2S2/c1-10-6-12(17)2-3-14(10)20-15(19)7-13-9-22-16(18-13)11-4-5-21-8-11/h2-6,8-9H,7H2,1H3. The first-order chi connectivity index (χ1) is 10.6. The number of thiazole rings is 1. The lowest BCUT2D eigenvalue weighted by Crippen LogP contribution is -2.12. The molecule has 3 nitrogen and oxygen atoms in total. The molecule has 0 saturated carbocycles. The Hall–Kier alpha value is -1.69. The Labute approximate surface area is 141 Å². The molecule has 0 aliphatic rings. The molecule has 0 N–H and O–H groups in total. The minimum Gasteiger partial charge on any atom is -0.426 e. The van der Waals surface area contributed by atoms with Gasteiger partial charge in [0.1, 0.15) is 10.8 Å². The number of carbonyl (C=O) groups excluding carboxylic acids is 1. The van der Waals surface area contributed by atoms with Gasteiger partial charge in [0.05, 0.1) is 12.1 Å². The van der Waals surface area contributed by atoms with Crippen LogP contribution in [-0.4, -0.2) is 11.0 Å². The first kappa shape index (κ1) is 15.2. The topological polar surface area (TPSA) is 39.2 Å². The fraction of sp³-hybridized carbons (Fsp3) is 0.125. The van der Waals surface area contributed by atoms with E-state index in [1.807, 2.05) is 29.1 Å². The second-order valence-electron chi connectivity index (χ2n) is 4.72. The zero-order chi connectivity index (χ0) is 15.5. The molecule has 3 aromatic rings. The highest BCUT2D eigenvalue weighted by Gasteiger charge is 2.12. The third-order valence-electron chi connectivity index (χ3n) is 3.01. The van der Waals surface area contributed by atoms with Crippen LogP contribution in [0.3, 0.4) is 0 Å². The predicted molar refractivity (Wildman–Crippen MR) is 91.0 cm³/mol. The van der Waals surface area contributed by atoms with Gasteiger partial charge in [-0.3, -0.25) is 4.79 Å². The molecule has 0 spiro atoms. The molecule has 0 aliphatic heterocycles. The maximum Gasteiger partial charge on any atom is 0.317 e. The normalized spacial score (nSPS) is 10.6. The largest absolute Gasteiger partial charge is 0.426 e. The molecule has 3 rings (SSSR count). The van der Waals surface area contributed by atoms with Crippen LogP contribution in [0.25, 0.3) is 10.6 Å². The van der Waals surface area contributed by atoms with Crippen molar-refractivity contribution in [2.24, 2.45) is 0 Å². The van der Waals surface area contributed by atoms with Crippen molar-refractivity contribution in [1.29, 1.82) is 0 Å². The van der Waals surface area contributed by atoms with Gasteiger partial charge in [-0.2, -0.15) is 11.3 Å². The number of hydrogen-bond acceptors (Lipinski definition) is 5. The maximum atomic E-state index is 12.0. The van der Waals surface area contributed by atoms with E-state index in [0.717, 1.165) is 21.8 Å². The summed E-state index contributed by atoms with van der Waals surface area (Å²) in [5.74, 6) is 0.204. The van der Waals surface area contributed by atoms with Gasteiger partial charge in [-0.1, -0.05) is 11.6 Å². The second-order valence-corrected chi connectivity index (χ2v) is 6.79. The van der Waals surface area contributed by atoms with E-state index in [-0.39, 0.29) is 12.4 Å². The fourth-order valence-corrected chi connectivity index (χ4v) is 3.70. The summed E-state index contributed by atoms with van der Waals surface area (Å²) in [5, 5.41) is 7.48. The Morgan fingerprint density at radius 1 is 1.32 bits per heavy atom. The molecule has 0 unspecified atom stereocenters. The highest BCUT2D eigenvalue weighted by atomic mass is 35.5. The zero-order valence-corrected chi connectivity index (χ0v) is 14.1. The van der Waals surface area contributed by atoms with Crippen molar-refractivity contribution in [1.82, 2.24) is 4.98 Å². The van der Waals surface area contributed by atoms with Crippen molar-refractivity contribution in [3.05, 3.63) is 56.7 Å². The molecule has 0 fully saturated rings. The van der Waals surface area contributed by atoms with Gasteiger partial charge in [0, 0.05) is 21.3 Å². The number of halogens is 1. The Bertz CT molecular complexity index is 796. The number of aryl methyl sites for hydroxylation is 1. The van der Waals surface area contributed by atoms with E-state index in [9.17, 15) is 4.79 Å². The van der Waals surface area contributed by atoms with Crippen LogP contribution in [0.5, 0.6) is 5.75 Å². The minimum atomic E-state index is -0.326. The van der Waals surface area contributed by atoms with Crippen LogP contribution < -0.4 is 4.74 Å². The van der Waals surface area contributed by atoms with E-state index in [0.29, 0.717) is 10.8 Å². The van der Waals surface area contributed by atoms with Crippen LogP contribution in [-0.2, 0) is 11.2 Å². The van der Waals surface area contributed by atoms with Crippen molar-refractivity contribution in [2.75, 3.05) is 0 Å². The molecule has 2 heterocycles. The molecule has 0 bridgehead atoms. The molecule has 0 radical (unpaired) electrons. The Balaban J connectivity index is 1.67. The van der Waals surface area contributed by atoms with E-state index in [1.165, 1.54) is 11.3 Å². The lowest BCUT2D eigenvalue weighted by Gasteiger charge is -2.06. The van der Waals surface area contributed by atoms with Crippen molar-refractivity contribution in [2.45, 2.75) is 13.3 Å². The Morgan fingerprint density at radius 2 is 2.18 bits per heavy atom. The average molecular weight is 350 g/mol. The van der Waals surface area contributed by atoms with E-state index >= 15 is 0 Å². The van der Waals surface area contributed by atoms with Gasteiger partial charge in [-0.25, -0.2) is 4.98 Å². The van der Waals surface area contributed by atoms with Crippen LogP contribution in [0.4, 0.5) is 0 Å². The molecule has 112 valence electrons. The monoisotopic (exact) mass is 349 g/mol. The van der Waals surface area contributed by atoms with Gasteiger partial charge in [0.2, 0.25) is 0 Å². The van der Waals surface area contributed by atoms with Crippen molar-refractivity contribution < 1.29 is 9.53 Å². The van der Waals surface area contributed by atoms with Crippen molar-refractivity contribution in [3.8, 4) is 16.3 Å². The van der Waals surface area contributed by atoms with Gasteiger partial charge in [-0.05, 0) is 42.1 Å². The number of benzene rings is 1. The van der Waals surface area contributed by atoms with Gasteiger partial charge in [0.15, 0.2) is 0 Å².